The fourth-order valence-electron chi connectivity index (χ4n) is 2.04. The molecule has 0 bridgehead atoms. The van der Waals surface area contributed by atoms with Crippen LogP contribution in [0.1, 0.15) is 30.5 Å². The first-order valence-corrected chi connectivity index (χ1v) is 6.97. The number of ether oxygens (including phenoxy) is 1. The minimum Gasteiger partial charge on any atom is -0.495 e. The van der Waals surface area contributed by atoms with Gasteiger partial charge in [0.1, 0.15) is 5.75 Å². The van der Waals surface area contributed by atoms with Crippen molar-refractivity contribution in [1.82, 2.24) is 15.5 Å². The zero-order valence-corrected chi connectivity index (χ0v) is 12.4. The fourth-order valence-corrected chi connectivity index (χ4v) is 2.24. The van der Waals surface area contributed by atoms with Crippen molar-refractivity contribution in [3.05, 3.63) is 52.8 Å². The molecule has 0 aliphatic rings. The van der Waals surface area contributed by atoms with E-state index in [2.05, 4.69) is 22.4 Å². The molecule has 4 nitrogen and oxygen atoms in total. The highest BCUT2D eigenvalue weighted by Crippen LogP contribution is 2.30. The van der Waals surface area contributed by atoms with Gasteiger partial charge in [-0.3, -0.25) is 0 Å². The topological polar surface area (TPSA) is 47.0 Å². The van der Waals surface area contributed by atoms with Crippen LogP contribution in [-0.4, -0.2) is 23.9 Å². The quantitative estimate of drug-likeness (QED) is 0.888. The van der Waals surface area contributed by atoms with E-state index in [1.54, 1.807) is 19.5 Å². The Morgan fingerprint density at radius 3 is 2.75 bits per heavy atom. The molecule has 0 saturated carbocycles. The van der Waals surface area contributed by atoms with Gasteiger partial charge in [0.25, 0.3) is 0 Å². The molecule has 0 saturated heterocycles. The van der Waals surface area contributed by atoms with Crippen molar-refractivity contribution >= 4 is 11.6 Å². The van der Waals surface area contributed by atoms with Crippen LogP contribution in [0.5, 0.6) is 5.75 Å². The third-order valence-electron chi connectivity index (χ3n) is 3.05. The number of nitrogens with one attached hydrogen (secondary N) is 1. The van der Waals surface area contributed by atoms with E-state index in [9.17, 15) is 0 Å². The lowest BCUT2D eigenvalue weighted by molar-refractivity contribution is 0.414. The molecule has 0 spiro atoms. The molecule has 2 aromatic rings. The monoisotopic (exact) mass is 291 g/mol. The van der Waals surface area contributed by atoms with E-state index in [4.69, 9.17) is 16.3 Å². The third kappa shape index (κ3) is 3.46. The van der Waals surface area contributed by atoms with E-state index in [0.717, 1.165) is 24.1 Å². The SMILES string of the molecule is CCCNC(c1ccnnc1)c1ccc(Cl)c(OC)c1. The Kier molecular flexibility index (Phi) is 5.32. The van der Waals surface area contributed by atoms with Crippen molar-refractivity contribution in [2.24, 2.45) is 0 Å². The first-order valence-electron chi connectivity index (χ1n) is 6.59. The molecule has 1 unspecified atom stereocenters. The molecule has 0 aliphatic heterocycles. The van der Waals surface area contributed by atoms with Crippen LogP contribution < -0.4 is 10.1 Å². The van der Waals surface area contributed by atoms with Gasteiger partial charge in [0, 0.05) is 6.20 Å². The molecule has 0 fully saturated rings. The van der Waals surface area contributed by atoms with E-state index in [1.807, 2.05) is 24.3 Å². The molecule has 20 heavy (non-hydrogen) atoms. The molecule has 0 radical (unpaired) electrons. The van der Waals surface area contributed by atoms with Crippen molar-refractivity contribution in [1.29, 1.82) is 0 Å². The summed E-state index contributed by atoms with van der Waals surface area (Å²) in [6.07, 6.45) is 4.53. The first-order chi connectivity index (χ1) is 9.76. The lowest BCUT2D eigenvalue weighted by atomic mass is 10.00. The maximum absolute atomic E-state index is 6.08. The summed E-state index contributed by atoms with van der Waals surface area (Å²) in [6.45, 7) is 3.05. The number of rotatable bonds is 6. The molecular formula is C15H18ClN3O. The standard InChI is InChI=1S/C15H18ClN3O/c1-3-7-17-15(12-6-8-18-19-10-12)11-4-5-13(16)14(9-11)20-2/h4-6,8-10,15,17H,3,7H2,1-2H3. The van der Waals surface area contributed by atoms with Crippen LogP contribution in [0.15, 0.2) is 36.7 Å². The summed E-state index contributed by atoms with van der Waals surface area (Å²) in [5.74, 6) is 0.675. The Hall–Kier alpha value is -1.65. The lowest BCUT2D eigenvalue weighted by Crippen LogP contribution is -2.23. The van der Waals surface area contributed by atoms with Gasteiger partial charge in [-0.05, 0) is 42.3 Å². The number of hydrogen-bond donors (Lipinski definition) is 1. The highest BCUT2D eigenvalue weighted by atomic mass is 35.5. The summed E-state index contributed by atoms with van der Waals surface area (Å²) in [6, 6.07) is 7.82. The summed E-state index contributed by atoms with van der Waals surface area (Å²) in [7, 11) is 1.62. The Bertz CT molecular complexity index is 548. The van der Waals surface area contributed by atoms with Gasteiger partial charge in [-0.2, -0.15) is 10.2 Å². The molecule has 5 heteroatoms. The molecule has 0 amide bonds. The van der Waals surface area contributed by atoms with Crippen LogP contribution >= 0.6 is 11.6 Å². The van der Waals surface area contributed by atoms with Crippen LogP contribution in [0.25, 0.3) is 0 Å². The Morgan fingerprint density at radius 2 is 2.10 bits per heavy atom. The number of halogens is 1. The number of methoxy groups -OCH3 is 1. The first kappa shape index (κ1) is 14.8. The van der Waals surface area contributed by atoms with Crippen LogP contribution in [0.2, 0.25) is 5.02 Å². The molecule has 2 rings (SSSR count). The second-order valence-corrected chi connectivity index (χ2v) is 4.86. The Labute approximate surface area is 124 Å². The normalized spacial score (nSPS) is 12.2. The van der Waals surface area contributed by atoms with Crippen molar-refractivity contribution in [2.45, 2.75) is 19.4 Å². The molecule has 1 aromatic carbocycles. The zero-order chi connectivity index (χ0) is 14.4. The van der Waals surface area contributed by atoms with Crippen molar-refractivity contribution < 1.29 is 4.74 Å². The van der Waals surface area contributed by atoms with Crippen LogP contribution in [0, 0.1) is 0 Å². The molecule has 1 atom stereocenters. The van der Waals surface area contributed by atoms with Crippen molar-refractivity contribution in [3.63, 3.8) is 0 Å². The van der Waals surface area contributed by atoms with E-state index in [0.29, 0.717) is 10.8 Å². The average molecular weight is 292 g/mol. The third-order valence-corrected chi connectivity index (χ3v) is 3.36. The summed E-state index contributed by atoms with van der Waals surface area (Å²) >= 11 is 6.08. The summed E-state index contributed by atoms with van der Waals surface area (Å²) in [5, 5.41) is 11.9. The van der Waals surface area contributed by atoms with Gasteiger partial charge in [0.2, 0.25) is 0 Å². The second-order valence-electron chi connectivity index (χ2n) is 4.46. The predicted octanol–water partition coefficient (Wildman–Crippen LogP) is 3.23. The highest BCUT2D eigenvalue weighted by molar-refractivity contribution is 6.32. The van der Waals surface area contributed by atoms with Crippen LogP contribution in [0.3, 0.4) is 0 Å². The summed E-state index contributed by atoms with van der Waals surface area (Å²) < 4.78 is 5.29. The van der Waals surface area contributed by atoms with Gasteiger partial charge >= 0.3 is 0 Å². The van der Waals surface area contributed by atoms with E-state index in [1.165, 1.54) is 0 Å². The molecule has 0 aliphatic carbocycles. The van der Waals surface area contributed by atoms with Crippen molar-refractivity contribution in [2.75, 3.05) is 13.7 Å². The van der Waals surface area contributed by atoms with E-state index in [-0.39, 0.29) is 6.04 Å². The Balaban J connectivity index is 2.36. The number of benzene rings is 1. The predicted molar refractivity (Wildman–Crippen MR) is 80.2 cm³/mol. The average Bonchev–Trinajstić information content (AvgIpc) is 2.50. The molecular weight excluding hydrogens is 274 g/mol. The molecule has 1 heterocycles. The smallest absolute Gasteiger partial charge is 0.137 e. The number of aromatic nitrogens is 2. The van der Waals surface area contributed by atoms with Gasteiger partial charge in [0.15, 0.2) is 0 Å². The van der Waals surface area contributed by atoms with Gasteiger partial charge in [0.05, 0.1) is 24.4 Å². The largest absolute Gasteiger partial charge is 0.495 e. The van der Waals surface area contributed by atoms with Gasteiger partial charge < -0.3 is 10.1 Å². The van der Waals surface area contributed by atoms with Gasteiger partial charge in [-0.25, -0.2) is 0 Å². The highest BCUT2D eigenvalue weighted by Gasteiger charge is 2.15. The van der Waals surface area contributed by atoms with E-state index < -0.39 is 0 Å². The van der Waals surface area contributed by atoms with Gasteiger partial charge in [-0.1, -0.05) is 24.6 Å². The molecule has 1 N–H and O–H groups in total. The minimum absolute atomic E-state index is 0.0524. The van der Waals surface area contributed by atoms with Crippen LogP contribution in [-0.2, 0) is 0 Å². The Morgan fingerprint density at radius 1 is 1.25 bits per heavy atom. The maximum Gasteiger partial charge on any atom is 0.137 e. The zero-order valence-electron chi connectivity index (χ0n) is 11.6. The molecule has 1 aromatic heterocycles. The lowest BCUT2D eigenvalue weighted by Gasteiger charge is -2.20. The fraction of sp³-hybridized carbons (Fsp3) is 0.333. The number of nitrogens with zero attached hydrogens (tertiary/aromatic N) is 2. The van der Waals surface area contributed by atoms with E-state index >= 15 is 0 Å². The summed E-state index contributed by atoms with van der Waals surface area (Å²) in [5.41, 5.74) is 2.16. The second kappa shape index (κ2) is 7.22. The minimum atomic E-state index is 0.0524. The number of hydrogen-bond acceptors (Lipinski definition) is 4. The van der Waals surface area contributed by atoms with Crippen molar-refractivity contribution in [3.8, 4) is 5.75 Å². The summed E-state index contributed by atoms with van der Waals surface area (Å²) in [4.78, 5) is 0. The molecule has 106 valence electrons. The van der Waals surface area contributed by atoms with Gasteiger partial charge in [-0.15, -0.1) is 0 Å². The maximum atomic E-state index is 6.08. The van der Waals surface area contributed by atoms with Crippen LogP contribution in [0.4, 0.5) is 0 Å².